The number of benzene rings is 7. The van der Waals surface area contributed by atoms with Crippen LogP contribution >= 0.6 is 0 Å². The molecule has 5 heteroatoms. The highest BCUT2D eigenvalue weighted by atomic mass is 14.2. The van der Waals surface area contributed by atoms with Crippen molar-refractivity contribution in [3.63, 3.8) is 0 Å². The number of fused-ring (bicyclic) bond motifs is 5. The van der Waals surface area contributed by atoms with Gasteiger partial charge in [-0.2, -0.15) is 0 Å². The molecular weight excluding hydrogens is 462 g/mol. The van der Waals surface area contributed by atoms with Gasteiger partial charge < -0.3 is 0 Å². The molecule has 0 aliphatic carbocycles. The topological polar surface area (TPSA) is 0 Å². The Morgan fingerprint density at radius 3 is 1.28 bits per heavy atom. The zero-order valence-corrected chi connectivity index (χ0v) is 23.3. The third-order valence-electron chi connectivity index (χ3n) is 9.22. The first-order valence-corrected chi connectivity index (χ1v) is 13.9. The predicted octanol–water partition coefficient (Wildman–Crippen LogP) is 0.925. The summed E-state index contributed by atoms with van der Waals surface area (Å²) in [6.45, 7) is 0. The highest BCUT2D eigenvalue weighted by molar-refractivity contribution is 6.69. The molecule has 0 aliphatic rings. The Balaban J connectivity index is 1.65. The van der Waals surface area contributed by atoms with Crippen LogP contribution in [0.2, 0.25) is 0 Å². The smallest absolute Gasteiger partial charge is 0.102 e. The fourth-order valence-corrected chi connectivity index (χ4v) is 6.74. The molecule has 0 aliphatic heterocycles. The van der Waals surface area contributed by atoms with Gasteiger partial charge in [0, 0.05) is 0 Å². The molecule has 0 saturated heterocycles. The Morgan fingerprint density at radius 2 is 0.718 bits per heavy atom. The standard InChI is InChI=1S/C34H27B5/c35-30-29(31(36)33(38)34(39)32(30)37)28-24-11-5-3-9-22(24)27(23-10-4-6-12-25(23)28)20-16-15-19-14-13-18-7-1-2-8-21(18)26(19)17-20/h1-17H,35-39H2. The van der Waals surface area contributed by atoms with E-state index in [-0.39, 0.29) is 0 Å². The summed E-state index contributed by atoms with van der Waals surface area (Å²) in [6.07, 6.45) is 0. The van der Waals surface area contributed by atoms with Crippen molar-refractivity contribution in [2.24, 2.45) is 0 Å². The van der Waals surface area contributed by atoms with Crippen molar-refractivity contribution in [3.05, 3.63) is 103 Å². The molecule has 0 spiro atoms. The third kappa shape index (κ3) is 3.53. The van der Waals surface area contributed by atoms with Gasteiger partial charge in [0.05, 0.1) is 0 Å². The molecule has 0 bridgehead atoms. The van der Waals surface area contributed by atoms with Crippen molar-refractivity contribution in [1.29, 1.82) is 0 Å². The Morgan fingerprint density at radius 1 is 0.308 bits per heavy atom. The van der Waals surface area contributed by atoms with Gasteiger partial charge in [0.15, 0.2) is 0 Å². The van der Waals surface area contributed by atoms with E-state index in [4.69, 9.17) is 0 Å². The molecule has 0 N–H and O–H groups in total. The molecule has 39 heavy (non-hydrogen) atoms. The van der Waals surface area contributed by atoms with Gasteiger partial charge in [-0.15, -0.1) is 16.4 Å². The molecule has 0 aromatic heterocycles. The Bertz CT molecular complexity index is 2040. The molecule has 178 valence electrons. The van der Waals surface area contributed by atoms with E-state index in [0.29, 0.717) is 0 Å². The van der Waals surface area contributed by atoms with E-state index >= 15 is 0 Å². The van der Waals surface area contributed by atoms with Crippen LogP contribution in [0.15, 0.2) is 103 Å². The van der Waals surface area contributed by atoms with Gasteiger partial charge in [0.1, 0.15) is 39.2 Å². The summed E-state index contributed by atoms with van der Waals surface area (Å²) in [5.41, 5.74) is 12.3. The molecule has 0 radical (unpaired) electrons. The molecule has 7 aromatic carbocycles. The lowest BCUT2D eigenvalue weighted by Gasteiger charge is -2.24. The maximum absolute atomic E-state index is 2.40. The van der Waals surface area contributed by atoms with Crippen molar-refractivity contribution >= 4 is 110 Å². The van der Waals surface area contributed by atoms with Gasteiger partial charge in [-0.25, -0.2) is 0 Å². The Hall–Kier alpha value is -4.10. The van der Waals surface area contributed by atoms with Crippen LogP contribution in [0.3, 0.4) is 0 Å². The first-order chi connectivity index (χ1) is 19.0. The van der Waals surface area contributed by atoms with E-state index in [9.17, 15) is 0 Å². The highest BCUT2D eigenvalue weighted by Crippen LogP contribution is 2.43. The van der Waals surface area contributed by atoms with Gasteiger partial charge in [0.2, 0.25) is 0 Å². The average molecular weight is 490 g/mol. The molecule has 0 fully saturated rings. The average Bonchev–Trinajstić information content (AvgIpc) is 2.98. The zero-order valence-electron chi connectivity index (χ0n) is 23.3. The summed E-state index contributed by atoms with van der Waals surface area (Å²) in [5, 5.41) is 10.4. The van der Waals surface area contributed by atoms with Crippen LogP contribution < -0.4 is 27.3 Å². The lowest BCUT2D eigenvalue weighted by atomic mass is 9.59. The van der Waals surface area contributed by atoms with Crippen LogP contribution in [0.1, 0.15) is 0 Å². The van der Waals surface area contributed by atoms with Gasteiger partial charge in [-0.1, -0.05) is 108 Å². The molecule has 7 aromatic rings. The summed E-state index contributed by atoms with van der Waals surface area (Å²) in [6, 6.07) is 38.2. The zero-order chi connectivity index (χ0) is 26.8. The fourth-order valence-electron chi connectivity index (χ4n) is 6.74. The van der Waals surface area contributed by atoms with E-state index < -0.39 is 0 Å². The maximum Gasteiger partial charge on any atom is 0.139 e. The fraction of sp³-hybridized carbons (Fsp3) is 0. The number of rotatable bonds is 2. The van der Waals surface area contributed by atoms with Crippen LogP contribution in [0.5, 0.6) is 0 Å². The third-order valence-corrected chi connectivity index (χ3v) is 9.22. The molecular formula is C34H27B5. The van der Waals surface area contributed by atoms with Gasteiger partial charge in [-0.05, 0) is 71.4 Å². The van der Waals surface area contributed by atoms with E-state index in [0.717, 1.165) is 0 Å². The first-order valence-electron chi connectivity index (χ1n) is 13.9. The van der Waals surface area contributed by atoms with Crippen LogP contribution in [0, 0.1) is 0 Å². The lowest BCUT2D eigenvalue weighted by Crippen LogP contribution is -2.55. The molecule has 7 rings (SSSR count). The minimum absolute atomic E-state index is 1.27. The van der Waals surface area contributed by atoms with E-state index in [2.05, 4.69) is 142 Å². The summed E-state index contributed by atoms with van der Waals surface area (Å²) < 4.78 is 0. The van der Waals surface area contributed by atoms with Gasteiger partial charge >= 0.3 is 0 Å². The van der Waals surface area contributed by atoms with E-state index in [1.165, 1.54) is 92.7 Å². The van der Waals surface area contributed by atoms with Crippen molar-refractivity contribution in [1.82, 2.24) is 0 Å². The molecule has 0 heterocycles. The SMILES string of the molecule is Bc1c(B)c(B)c(-c2c3ccccc3c(-c3ccc4ccc5ccccc5c4c3)c3ccccc23)c(B)c1B. The van der Waals surface area contributed by atoms with Crippen LogP contribution in [-0.2, 0) is 0 Å². The van der Waals surface area contributed by atoms with Gasteiger partial charge in [0.25, 0.3) is 0 Å². The summed E-state index contributed by atoms with van der Waals surface area (Å²) in [4.78, 5) is 0. The minimum atomic E-state index is 1.27. The second-order valence-corrected chi connectivity index (χ2v) is 11.1. The van der Waals surface area contributed by atoms with Crippen molar-refractivity contribution < 1.29 is 0 Å². The van der Waals surface area contributed by atoms with Crippen LogP contribution in [0.4, 0.5) is 0 Å². The van der Waals surface area contributed by atoms with E-state index in [1.807, 2.05) is 0 Å². The first kappa shape index (κ1) is 24.0. The van der Waals surface area contributed by atoms with Gasteiger partial charge in [-0.3, -0.25) is 0 Å². The van der Waals surface area contributed by atoms with Crippen molar-refractivity contribution in [2.75, 3.05) is 0 Å². The van der Waals surface area contributed by atoms with Crippen LogP contribution in [0.25, 0.3) is 65.3 Å². The van der Waals surface area contributed by atoms with E-state index in [1.54, 1.807) is 0 Å². The summed E-state index contributed by atoms with van der Waals surface area (Å²) in [5.74, 6) is 0. The molecule has 0 amide bonds. The van der Waals surface area contributed by atoms with Crippen LogP contribution in [-0.4, -0.2) is 39.2 Å². The lowest BCUT2D eigenvalue weighted by molar-refractivity contribution is 1.70. The maximum atomic E-state index is 2.40. The van der Waals surface area contributed by atoms with Crippen molar-refractivity contribution in [3.8, 4) is 22.3 Å². The quantitative estimate of drug-likeness (QED) is 0.193. The normalized spacial score (nSPS) is 11.6. The molecule has 0 saturated carbocycles. The second kappa shape index (κ2) is 8.99. The Kier molecular flexibility index (Phi) is 5.53. The molecule has 0 unspecified atom stereocenters. The molecule has 0 nitrogen and oxygen atoms in total. The van der Waals surface area contributed by atoms with Crippen molar-refractivity contribution in [2.45, 2.75) is 0 Å². The number of hydrogen-bond donors (Lipinski definition) is 0. The Labute approximate surface area is 234 Å². The largest absolute Gasteiger partial charge is 0.139 e. The summed E-state index contributed by atoms with van der Waals surface area (Å²) in [7, 11) is 11.4. The predicted molar refractivity (Wildman–Crippen MR) is 188 cm³/mol. The minimum Gasteiger partial charge on any atom is -0.102 e. The summed E-state index contributed by atoms with van der Waals surface area (Å²) >= 11 is 0. The number of hydrogen-bond acceptors (Lipinski definition) is 0. The molecule has 0 atom stereocenters. The highest BCUT2D eigenvalue weighted by Gasteiger charge is 2.21. The second-order valence-electron chi connectivity index (χ2n) is 11.1. The monoisotopic (exact) mass is 490 g/mol.